The molecule has 1 fully saturated rings. The summed E-state index contributed by atoms with van der Waals surface area (Å²) in [7, 11) is 0. The maximum absolute atomic E-state index is 14.1. The number of carbonyl (C=O) groups excluding carboxylic acids is 1. The van der Waals surface area contributed by atoms with E-state index in [9.17, 15) is 9.18 Å². The van der Waals surface area contributed by atoms with Crippen LogP contribution >= 0.6 is 0 Å². The van der Waals surface area contributed by atoms with Gasteiger partial charge in [-0.25, -0.2) is 9.37 Å². The lowest BCUT2D eigenvalue weighted by Gasteiger charge is -2.10. The van der Waals surface area contributed by atoms with E-state index in [1.165, 1.54) is 6.07 Å². The van der Waals surface area contributed by atoms with Crippen LogP contribution in [0.2, 0.25) is 0 Å². The van der Waals surface area contributed by atoms with Crippen molar-refractivity contribution in [2.45, 2.75) is 32.4 Å². The molecule has 1 aliphatic rings. The van der Waals surface area contributed by atoms with Crippen molar-refractivity contribution < 1.29 is 13.9 Å². The Balaban J connectivity index is 1.83. The summed E-state index contributed by atoms with van der Waals surface area (Å²) in [5.41, 5.74) is 1.81. The number of benzene rings is 1. The minimum Gasteiger partial charge on any atom is -0.465 e. The quantitative estimate of drug-likeness (QED) is 0.676. The lowest BCUT2D eigenvalue weighted by molar-refractivity contribution is -0.144. The van der Waals surface area contributed by atoms with Gasteiger partial charge in [-0.1, -0.05) is 6.07 Å². The van der Waals surface area contributed by atoms with Crippen molar-refractivity contribution in [1.29, 1.82) is 0 Å². The Bertz CT molecular complexity index is 911. The summed E-state index contributed by atoms with van der Waals surface area (Å²) in [4.78, 5) is 16.3. The van der Waals surface area contributed by atoms with Crippen molar-refractivity contribution in [3.63, 3.8) is 0 Å². The molecule has 2 heterocycles. The molecule has 2 aromatic heterocycles. The van der Waals surface area contributed by atoms with Crippen LogP contribution in [0, 0.1) is 5.82 Å². The number of rotatable bonds is 5. The van der Waals surface area contributed by atoms with Gasteiger partial charge in [-0.05, 0) is 38.0 Å². The van der Waals surface area contributed by atoms with Gasteiger partial charge in [0.15, 0.2) is 11.6 Å². The first-order valence-electron chi connectivity index (χ1n) is 8.03. The fraction of sp³-hybridized carbons (Fsp3) is 0.353. The third-order valence-corrected chi connectivity index (χ3v) is 4.11. The minimum absolute atomic E-state index is 0.00648. The summed E-state index contributed by atoms with van der Waals surface area (Å²) in [5, 5.41) is 4.20. The van der Waals surface area contributed by atoms with Crippen molar-refractivity contribution in [2.75, 3.05) is 6.61 Å². The molecule has 0 saturated heterocycles. The van der Waals surface area contributed by atoms with E-state index in [0.29, 0.717) is 29.7 Å². The van der Waals surface area contributed by atoms with Gasteiger partial charge in [0.25, 0.3) is 0 Å². The Morgan fingerprint density at radius 3 is 2.96 bits per heavy atom. The second-order valence-electron chi connectivity index (χ2n) is 5.82. The average Bonchev–Trinajstić information content (AvgIpc) is 3.16. The van der Waals surface area contributed by atoms with E-state index in [2.05, 4.69) is 14.6 Å². The number of imidazole rings is 1. The molecule has 0 unspecified atom stereocenters. The van der Waals surface area contributed by atoms with Crippen LogP contribution in [0.4, 0.5) is 4.39 Å². The van der Waals surface area contributed by atoms with E-state index in [4.69, 9.17) is 4.74 Å². The lowest BCUT2D eigenvalue weighted by atomic mass is 10.3. The molecule has 0 radical (unpaired) electrons. The highest BCUT2D eigenvalue weighted by Crippen LogP contribution is 2.41. The van der Waals surface area contributed by atoms with Gasteiger partial charge in [0, 0.05) is 12.2 Å². The first-order chi connectivity index (χ1) is 11.7. The van der Waals surface area contributed by atoms with E-state index >= 15 is 0 Å². The summed E-state index contributed by atoms with van der Waals surface area (Å²) in [6.07, 6.45) is 3.70. The topological polar surface area (TPSA) is 61.9 Å². The molecule has 1 aromatic carbocycles. The number of nitrogens with zero attached hydrogens (tertiary/aromatic N) is 4. The summed E-state index contributed by atoms with van der Waals surface area (Å²) in [6, 6.07) is 7.08. The Morgan fingerprint density at radius 1 is 1.38 bits per heavy atom. The van der Waals surface area contributed by atoms with Crippen LogP contribution in [0.3, 0.4) is 0 Å². The number of carbonyl (C=O) groups is 1. The van der Waals surface area contributed by atoms with E-state index < -0.39 is 0 Å². The maximum Gasteiger partial charge on any atom is 0.327 e. The van der Waals surface area contributed by atoms with Crippen LogP contribution in [0.1, 0.15) is 25.8 Å². The smallest absolute Gasteiger partial charge is 0.327 e. The fourth-order valence-electron chi connectivity index (χ4n) is 2.94. The Kier molecular flexibility index (Phi) is 3.55. The van der Waals surface area contributed by atoms with Crippen molar-refractivity contribution in [2.24, 2.45) is 0 Å². The standard InChI is InChI=1S/C17H17FN4O2/c1-2-24-15(23)10-21-14(8-9-19-21)17-20-16-12(18)4-3-5-13(16)22(17)11-6-7-11/h3-5,8-9,11H,2,6-7,10H2,1H3. The highest BCUT2D eigenvalue weighted by Gasteiger charge is 2.30. The number of hydrogen-bond donors (Lipinski definition) is 0. The Hall–Kier alpha value is -2.70. The summed E-state index contributed by atoms with van der Waals surface area (Å²) in [6.45, 7) is 2.09. The van der Waals surface area contributed by atoms with Crippen molar-refractivity contribution in [3.05, 3.63) is 36.3 Å². The molecule has 0 amide bonds. The Morgan fingerprint density at radius 2 is 2.21 bits per heavy atom. The van der Waals surface area contributed by atoms with Crippen molar-refractivity contribution in [1.82, 2.24) is 19.3 Å². The van der Waals surface area contributed by atoms with Gasteiger partial charge in [-0.3, -0.25) is 9.48 Å². The fourth-order valence-corrected chi connectivity index (χ4v) is 2.94. The molecule has 3 aromatic rings. The number of aromatic nitrogens is 4. The molecule has 0 N–H and O–H groups in total. The molecule has 4 rings (SSSR count). The molecule has 0 atom stereocenters. The van der Waals surface area contributed by atoms with Gasteiger partial charge in [0.1, 0.15) is 17.8 Å². The van der Waals surface area contributed by atoms with Crippen LogP contribution in [0.15, 0.2) is 30.5 Å². The van der Waals surface area contributed by atoms with Crippen LogP contribution < -0.4 is 0 Å². The number of esters is 1. The zero-order valence-corrected chi connectivity index (χ0v) is 13.3. The molecular formula is C17H17FN4O2. The van der Waals surface area contributed by atoms with Crippen LogP contribution in [0.5, 0.6) is 0 Å². The van der Waals surface area contributed by atoms with Gasteiger partial charge >= 0.3 is 5.97 Å². The number of hydrogen-bond acceptors (Lipinski definition) is 4. The second kappa shape index (κ2) is 5.74. The molecule has 7 heteroatoms. The third kappa shape index (κ3) is 2.46. The largest absolute Gasteiger partial charge is 0.465 e. The molecule has 0 spiro atoms. The SMILES string of the molecule is CCOC(=O)Cn1nccc1-c1nc2c(F)cccc2n1C1CC1. The number of para-hydroxylation sites is 1. The lowest BCUT2D eigenvalue weighted by Crippen LogP contribution is -2.16. The van der Waals surface area contributed by atoms with E-state index in [-0.39, 0.29) is 18.3 Å². The highest BCUT2D eigenvalue weighted by atomic mass is 19.1. The van der Waals surface area contributed by atoms with Gasteiger partial charge in [-0.2, -0.15) is 5.10 Å². The predicted octanol–water partition coefficient (Wildman–Crippen LogP) is 2.94. The highest BCUT2D eigenvalue weighted by molar-refractivity contribution is 5.81. The van der Waals surface area contributed by atoms with Crippen LogP contribution in [0.25, 0.3) is 22.6 Å². The van der Waals surface area contributed by atoms with Gasteiger partial charge in [-0.15, -0.1) is 0 Å². The second-order valence-corrected chi connectivity index (χ2v) is 5.82. The molecule has 124 valence electrons. The summed E-state index contributed by atoms with van der Waals surface area (Å²) in [5.74, 6) is -0.0632. The first kappa shape index (κ1) is 14.9. The molecule has 1 aliphatic carbocycles. The van der Waals surface area contributed by atoms with Gasteiger partial charge in [0.05, 0.1) is 12.1 Å². The molecular weight excluding hydrogens is 311 g/mol. The van der Waals surface area contributed by atoms with Crippen LogP contribution in [-0.4, -0.2) is 31.9 Å². The number of halogens is 1. The van der Waals surface area contributed by atoms with E-state index in [1.807, 2.05) is 6.07 Å². The average molecular weight is 328 g/mol. The molecule has 1 saturated carbocycles. The van der Waals surface area contributed by atoms with Crippen molar-refractivity contribution >= 4 is 17.0 Å². The molecule has 0 bridgehead atoms. The van der Waals surface area contributed by atoms with Gasteiger partial charge in [0.2, 0.25) is 0 Å². The molecule has 6 nitrogen and oxygen atoms in total. The van der Waals surface area contributed by atoms with Crippen LogP contribution in [-0.2, 0) is 16.1 Å². The van der Waals surface area contributed by atoms with Crippen molar-refractivity contribution in [3.8, 4) is 11.5 Å². The first-order valence-corrected chi connectivity index (χ1v) is 8.03. The minimum atomic E-state index is -0.359. The summed E-state index contributed by atoms with van der Waals surface area (Å²) >= 11 is 0. The summed E-state index contributed by atoms with van der Waals surface area (Å²) < 4.78 is 22.7. The third-order valence-electron chi connectivity index (χ3n) is 4.11. The van der Waals surface area contributed by atoms with Gasteiger partial charge < -0.3 is 9.30 Å². The van der Waals surface area contributed by atoms with E-state index in [0.717, 1.165) is 18.4 Å². The molecule has 0 aliphatic heterocycles. The van der Waals surface area contributed by atoms with E-state index in [1.54, 1.807) is 29.9 Å². The zero-order chi connectivity index (χ0) is 16.7. The predicted molar refractivity (Wildman–Crippen MR) is 85.8 cm³/mol. The normalized spacial score (nSPS) is 14.2. The Labute approximate surface area is 137 Å². The number of ether oxygens (including phenoxy) is 1. The molecule has 24 heavy (non-hydrogen) atoms. The maximum atomic E-state index is 14.1. The number of fused-ring (bicyclic) bond motifs is 1. The monoisotopic (exact) mass is 328 g/mol. The zero-order valence-electron chi connectivity index (χ0n) is 13.3.